The van der Waals surface area contributed by atoms with Crippen LogP contribution in [-0.4, -0.2) is 11.3 Å². The lowest BCUT2D eigenvalue weighted by molar-refractivity contribution is -0.276. The molecule has 0 saturated carbocycles. The summed E-state index contributed by atoms with van der Waals surface area (Å²) in [5, 5.41) is 8.48. The van der Waals surface area contributed by atoms with Crippen molar-refractivity contribution in [1.82, 2.24) is 4.98 Å². The van der Waals surface area contributed by atoms with Crippen molar-refractivity contribution in [3.05, 3.63) is 21.4 Å². The Labute approximate surface area is 90.6 Å². The van der Waals surface area contributed by atoms with E-state index in [0.29, 0.717) is 0 Å². The van der Waals surface area contributed by atoms with Gasteiger partial charge >= 0.3 is 6.36 Å². The number of hydrogen-bond acceptors (Lipinski definition) is 3. The van der Waals surface area contributed by atoms with Crippen LogP contribution in [0.15, 0.2) is 12.1 Å². The van der Waals surface area contributed by atoms with Gasteiger partial charge in [0, 0.05) is 6.07 Å². The largest absolute Gasteiger partial charge is 0.574 e. The van der Waals surface area contributed by atoms with E-state index in [-0.39, 0.29) is 9.26 Å². The first-order chi connectivity index (χ1) is 6.42. The second-order valence-corrected chi connectivity index (χ2v) is 3.17. The Kier molecular flexibility index (Phi) is 3.15. The molecule has 1 rings (SSSR count). The first-order valence-electron chi connectivity index (χ1n) is 3.25. The van der Waals surface area contributed by atoms with Crippen LogP contribution < -0.4 is 4.74 Å². The lowest BCUT2D eigenvalue weighted by atomic mass is 10.3. The van der Waals surface area contributed by atoms with E-state index in [1.165, 1.54) is 6.07 Å². The van der Waals surface area contributed by atoms with Gasteiger partial charge in [0.2, 0.25) is 5.88 Å². The van der Waals surface area contributed by atoms with E-state index in [1.54, 1.807) is 28.7 Å². The van der Waals surface area contributed by atoms with Crippen molar-refractivity contribution >= 4 is 22.6 Å². The van der Waals surface area contributed by atoms with Crippen LogP contribution in [0.4, 0.5) is 13.2 Å². The number of alkyl halides is 3. The van der Waals surface area contributed by atoms with Crippen LogP contribution in [0.1, 0.15) is 5.56 Å². The van der Waals surface area contributed by atoms with Crippen LogP contribution in [0.25, 0.3) is 0 Å². The fraction of sp³-hybridized carbons (Fsp3) is 0.143. The van der Waals surface area contributed by atoms with E-state index >= 15 is 0 Å². The molecule has 1 aromatic heterocycles. The quantitative estimate of drug-likeness (QED) is 0.591. The van der Waals surface area contributed by atoms with Gasteiger partial charge in [-0.05, 0) is 28.7 Å². The van der Waals surface area contributed by atoms with Gasteiger partial charge in [-0.3, -0.25) is 0 Å². The number of ether oxygens (including phenoxy) is 1. The molecule has 0 saturated heterocycles. The van der Waals surface area contributed by atoms with Gasteiger partial charge in [-0.25, -0.2) is 4.98 Å². The fourth-order valence-corrected chi connectivity index (χ4v) is 1.21. The zero-order valence-corrected chi connectivity index (χ0v) is 8.63. The number of nitrogens with zero attached hydrogens (tertiary/aromatic N) is 2. The molecule has 0 fully saturated rings. The molecule has 0 radical (unpaired) electrons. The Bertz CT molecular complexity index is 386. The van der Waals surface area contributed by atoms with Gasteiger partial charge in [0.05, 0.1) is 5.56 Å². The fourth-order valence-electron chi connectivity index (χ4n) is 0.676. The summed E-state index contributed by atoms with van der Waals surface area (Å²) < 4.78 is 38.9. The van der Waals surface area contributed by atoms with Gasteiger partial charge in [-0.1, -0.05) is 0 Å². The molecular weight excluding hydrogens is 312 g/mol. The molecule has 7 heteroatoms. The number of aromatic nitrogens is 1. The summed E-state index contributed by atoms with van der Waals surface area (Å²) >= 11 is 1.66. The minimum absolute atomic E-state index is 0.173. The lowest BCUT2D eigenvalue weighted by Gasteiger charge is -2.07. The highest BCUT2D eigenvalue weighted by atomic mass is 127. The monoisotopic (exact) mass is 314 g/mol. The molecule has 3 nitrogen and oxygen atoms in total. The predicted octanol–water partition coefficient (Wildman–Crippen LogP) is 2.46. The van der Waals surface area contributed by atoms with Crippen molar-refractivity contribution in [2.75, 3.05) is 0 Å². The number of hydrogen-bond donors (Lipinski definition) is 0. The molecule has 0 unspecified atom stereocenters. The van der Waals surface area contributed by atoms with Crippen molar-refractivity contribution in [3.63, 3.8) is 0 Å². The second kappa shape index (κ2) is 4.00. The summed E-state index contributed by atoms with van der Waals surface area (Å²) in [5.41, 5.74) is 0.208. The highest BCUT2D eigenvalue weighted by Crippen LogP contribution is 2.22. The Morgan fingerprint density at radius 3 is 2.50 bits per heavy atom. The molecule has 0 bridgehead atoms. The number of pyridine rings is 1. The highest BCUT2D eigenvalue weighted by molar-refractivity contribution is 14.1. The SMILES string of the molecule is N#Cc1ccc(OC(F)(F)F)nc1I. The molecule has 0 spiro atoms. The summed E-state index contributed by atoms with van der Waals surface area (Å²) in [6.45, 7) is 0. The van der Waals surface area contributed by atoms with Gasteiger partial charge in [0.25, 0.3) is 0 Å². The molecule has 0 N–H and O–H groups in total. The number of rotatable bonds is 1. The van der Waals surface area contributed by atoms with Crippen LogP contribution in [0.3, 0.4) is 0 Å². The normalized spacial score (nSPS) is 10.8. The van der Waals surface area contributed by atoms with Crippen LogP contribution in [0.2, 0.25) is 0 Å². The van der Waals surface area contributed by atoms with Crippen LogP contribution in [0.5, 0.6) is 5.88 Å². The molecule has 0 aliphatic rings. The molecule has 1 aromatic rings. The predicted molar refractivity (Wildman–Crippen MR) is 48.4 cm³/mol. The maximum atomic E-state index is 11.7. The Morgan fingerprint density at radius 2 is 2.07 bits per heavy atom. The summed E-state index contributed by atoms with van der Waals surface area (Å²) in [4.78, 5) is 3.45. The van der Waals surface area contributed by atoms with E-state index < -0.39 is 12.2 Å². The molecule has 14 heavy (non-hydrogen) atoms. The third kappa shape index (κ3) is 3.02. The maximum absolute atomic E-state index is 11.7. The van der Waals surface area contributed by atoms with Gasteiger partial charge in [0.15, 0.2) is 0 Å². The van der Waals surface area contributed by atoms with Crippen LogP contribution in [-0.2, 0) is 0 Å². The van der Waals surface area contributed by atoms with Crippen LogP contribution >= 0.6 is 22.6 Å². The van der Waals surface area contributed by atoms with Crippen LogP contribution in [0, 0.1) is 15.0 Å². The average molecular weight is 314 g/mol. The smallest absolute Gasteiger partial charge is 0.388 e. The van der Waals surface area contributed by atoms with Crippen molar-refractivity contribution < 1.29 is 17.9 Å². The van der Waals surface area contributed by atoms with Crippen molar-refractivity contribution in [2.24, 2.45) is 0 Å². The van der Waals surface area contributed by atoms with E-state index in [2.05, 4.69) is 9.72 Å². The molecule has 0 aliphatic heterocycles. The van der Waals surface area contributed by atoms with Crippen molar-refractivity contribution in [3.8, 4) is 11.9 Å². The van der Waals surface area contributed by atoms with Crippen molar-refractivity contribution in [1.29, 1.82) is 5.26 Å². The van der Waals surface area contributed by atoms with Crippen molar-refractivity contribution in [2.45, 2.75) is 6.36 Å². The van der Waals surface area contributed by atoms with E-state index in [9.17, 15) is 13.2 Å². The van der Waals surface area contributed by atoms with Gasteiger partial charge in [-0.2, -0.15) is 5.26 Å². The average Bonchev–Trinajstić information content (AvgIpc) is 2.01. The molecule has 74 valence electrons. The van der Waals surface area contributed by atoms with Gasteiger partial charge < -0.3 is 4.74 Å². The Morgan fingerprint density at radius 1 is 1.43 bits per heavy atom. The third-order valence-electron chi connectivity index (χ3n) is 1.16. The second-order valence-electron chi connectivity index (χ2n) is 2.15. The van der Waals surface area contributed by atoms with E-state index in [1.807, 2.05) is 0 Å². The number of nitriles is 1. The summed E-state index contributed by atoms with van der Waals surface area (Å²) in [5.74, 6) is -0.569. The molecule has 0 aliphatic carbocycles. The Hall–Kier alpha value is -1.04. The van der Waals surface area contributed by atoms with E-state index in [4.69, 9.17) is 5.26 Å². The molecule has 0 aromatic carbocycles. The molecule has 0 amide bonds. The van der Waals surface area contributed by atoms with Gasteiger partial charge in [-0.15, -0.1) is 13.2 Å². The zero-order chi connectivity index (χ0) is 10.8. The molecule has 0 atom stereocenters. The standard InChI is InChI=1S/C7H2F3IN2O/c8-7(9,10)14-5-2-1-4(3-12)6(11)13-5/h1-2H. The summed E-state index contributed by atoms with van der Waals surface area (Å²) in [6.07, 6.45) is -4.76. The molecular formula is C7H2F3IN2O. The maximum Gasteiger partial charge on any atom is 0.574 e. The summed E-state index contributed by atoms with van der Waals surface area (Å²) in [7, 11) is 0. The Balaban J connectivity index is 2.94. The lowest BCUT2D eigenvalue weighted by Crippen LogP contribution is -2.18. The third-order valence-corrected chi connectivity index (χ3v) is 1.99. The zero-order valence-electron chi connectivity index (χ0n) is 6.47. The number of halogens is 4. The minimum atomic E-state index is -4.76. The van der Waals surface area contributed by atoms with E-state index in [0.717, 1.165) is 6.07 Å². The minimum Gasteiger partial charge on any atom is -0.388 e. The first-order valence-corrected chi connectivity index (χ1v) is 4.32. The first kappa shape index (κ1) is 11.0. The highest BCUT2D eigenvalue weighted by Gasteiger charge is 2.31. The topological polar surface area (TPSA) is 45.9 Å². The summed E-state index contributed by atoms with van der Waals surface area (Å²) in [6, 6.07) is 3.99. The molecule has 1 heterocycles. The van der Waals surface area contributed by atoms with Gasteiger partial charge in [0.1, 0.15) is 9.77 Å².